The predicted molar refractivity (Wildman–Crippen MR) is 50.1 cm³/mol. The van der Waals surface area contributed by atoms with E-state index < -0.39 is 0 Å². The van der Waals surface area contributed by atoms with Crippen LogP contribution in [0.2, 0.25) is 11.6 Å². The van der Waals surface area contributed by atoms with Crippen LogP contribution in [0, 0.1) is 0 Å². The van der Waals surface area contributed by atoms with Gasteiger partial charge in [0.1, 0.15) is 0 Å². The minimum atomic E-state index is 0.536. The maximum Gasteiger partial charge on any atom is 0.298 e. The third kappa shape index (κ3) is 1.99. The molecule has 1 aliphatic rings. The molecule has 0 spiro atoms. The standard InChI is InChI=1S/C9H19BO/c1-4-9-7-5-6-8(2)10(9)11-3/h8-9H,4-7H2,1-3H3. The average Bonchev–Trinajstić information content (AvgIpc) is 2.04. The van der Waals surface area contributed by atoms with Crippen LogP contribution in [0.4, 0.5) is 0 Å². The average molecular weight is 154 g/mol. The van der Waals surface area contributed by atoms with Gasteiger partial charge in [-0.15, -0.1) is 0 Å². The molecule has 0 bridgehead atoms. The monoisotopic (exact) mass is 154 g/mol. The molecule has 0 aromatic carbocycles. The first kappa shape index (κ1) is 9.12. The Balaban J connectivity index is 2.48. The summed E-state index contributed by atoms with van der Waals surface area (Å²) in [4.78, 5) is 0. The van der Waals surface area contributed by atoms with Crippen LogP contribution in [-0.4, -0.2) is 14.0 Å². The molecule has 1 aliphatic heterocycles. The molecule has 0 aromatic rings. The van der Waals surface area contributed by atoms with Gasteiger partial charge < -0.3 is 4.65 Å². The lowest BCUT2D eigenvalue weighted by Gasteiger charge is -2.31. The molecule has 64 valence electrons. The van der Waals surface area contributed by atoms with E-state index in [9.17, 15) is 0 Å². The van der Waals surface area contributed by atoms with Gasteiger partial charge in [0.25, 0.3) is 6.92 Å². The highest BCUT2D eigenvalue weighted by atomic mass is 16.4. The van der Waals surface area contributed by atoms with Crippen LogP contribution in [-0.2, 0) is 4.65 Å². The van der Waals surface area contributed by atoms with Gasteiger partial charge in [-0.1, -0.05) is 39.5 Å². The van der Waals surface area contributed by atoms with Gasteiger partial charge in [0.2, 0.25) is 0 Å². The minimum Gasteiger partial charge on any atom is -0.438 e. The summed E-state index contributed by atoms with van der Waals surface area (Å²) >= 11 is 0. The maximum absolute atomic E-state index is 5.51. The first-order valence-electron chi connectivity index (χ1n) is 4.82. The Kier molecular flexibility index (Phi) is 3.44. The van der Waals surface area contributed by atoms with E-state index in [1.807, 2.05) is 7.11 Å². The molecule has 11 heavy (non-hydrogen) atoms. The Morgan fingerprint density at radius 2 is 2.18 bits per heavy atom. The van der Waals surface area contributed by atoms with Crippen molar-refractivity contribution in [3.8, 4) is 0 Å². The van der Waals surface area contributed by atoms with Crippen molar-refractivity contribution in [1.82, 2.24) is 0 Å². The Morgan fingerprint density at radius 1 is 1.45 bits per heavy atom. The molecule has 0 aliphatic carbocycles. The topological polar surface area (TPSA) is 9.23 Å². The smallest absolute Gasteiger partial charge is 0.298 e. The van der Waals surface area contributed by atoms with Gasteiger partial charge >= 0.3 is 0 Å². The molecular formula is C9H19BO. The molecule has 2 atom stereocenters. The quantitative estimate of drug-likeness (QED) is 0.555. The van der Waals surface area contributed by atoms with E-state index in [2.05, 4.69) is 13.8 Å². The third-order valence-corrected chi connectivity index (χ3v) is 3.06. The minimum absolute atomic E-state index is 0.536. The van der Waals surface area contributed by atoms with Crippen LogP contribution < -0.4 is 0 Å². The molecule has 1 fully saturated rings. The second kappa shape index (κ2) is 4.15. The highest BCUT2D eigenvalue weighted by Gasteiger charge is 2.33. The molecule has 0 saturated carbocycles. The summed E-state index contributed by atoms with van der Waals surface area (Å²) < 4.78 is 5.51. The first-order chi connectivity index (χ1) is 5.29. The van der Waals surface area contributed by atoms with Crippen LogP contribution in [0.25, 0.3) is 0 Å². The molecule has 0 aromatic heterocycles. The van der Waals surface area contributed by atoms with Gasteiger partial charge in [-0.05, 0) is 11.6 Å². The second-order valence-corrected chi connectivity index (χ2v) is 3.78. The lowest BCUT2D eigenvalue weighted by atomic mass is 9.42. The van der Waals surface area contributed by atoms with Crippen LogP contribution in [0.15, 0.2) is 0 Å². The molecule has 1 rings (SSSR count). The van der Waals surface area contributed by atoms with E-state index in [0.717, 1.165) is 11.6 Å². The zero-order valence-corrected chi connectivity index (χ0v) is 7.97. The molecule has 1 heterocycles. The normalized spacial score (nSPS) is 32.5. The molecule has 0 radical (unpaired) electrons. The zero-order valence-electron chi connectivity index (χ0n) is 7.97. The van der Waals surface area contributed by atoms with E-state index in [0.29, 0.717) is 6.92 Å². The van der Waals surface area contributed by atoms with Gasteiger partial charge in [-0.2, -0.15) is 0 Å². The SMILES string of the molecule is CCC1CCCC(C)B1OC. The van der Waals surface area contributed by atoms with Crippen molar-refractivity contribution in [1.29, 1.82) is 0 Å². The Labute approximate surface area is 70.6 Å². The van der Waals surface area contributed by atoms with Gasteiger partial charge in [-0.25, -0.2) is 0 Å². The maximum atomic E-state index is 5.51. The summed E-state index contributed by atoms with van der Waals surface area (Å²) in [7, 11) is 1.86. The lowest BCUT2D eigenvalue weighted by Crippen LogP contribution is -2.31. The summed E-state index contributed by atoms with van der Waals surface area (Å²) in [5.41, 5.74) is 0. The summed E-state index contributed by atoms with van der Waals surface area (Å²) in [6, 6.07) is 0. The van der Waals surface area contributed by atoms with E-state index >= 15 is 0 Å². The van der Waals surface area contributed by atoms with Gasteiger partial charge in [0, 0.05) is 7.11 Å². The van der Waals surface area contributed by atoms with Gasteiger partial charge in [-0.3, -0.25) is 0 Å². The molecule has 2 unspecified atom stereocenters. The van der Waals surface area contributed by atoms with Gasteiger partial charge in [0.05, 0.1) is 0 Å². The van der Waals surface area contributed by atoms with Crippen LogP contribution in [0.3, 0.4) is 0 Å². The van der Waals surface area contributed by atoms with Crippen molar-refractivity contribution in [2.45, 2.75) is 51.2 Å². The molecule has 1 nitrogen and oxygen atoms in total. The lowest BCUT2D eigenvalue weighted by molar-refractivity contribution is 0.365. The van der Waals surface area contributed by atoms with Gasteiger partial charge in [0.15, 0.2) is 0 Å². The van der Waals surface area contributed by atoms with Crippen molar-refractivity contribution < 1.29 is 4.65 Å². The van der Waals surface area contributed by atoms with E-state index in [-0.39, 0.29) is 0 Å². The summed E-state index contributed by atoms with van der Waals surface area (Å²) in [5, 5.41) is 0. The van der Waals surface area contributed by atoms with Crippen molar-refractivity contribution >= 4 is 6.92 Å². The van der Waals surface area contributed by atoms with Crippen molar-refractivity contribution in [3.63, 3.8) is 0 Å². The molecule has 0 N–H and O–H groups in total. The fourth-order valence-corrected chi connectivity index (χ4v) is 2.36. The van der Waals surface area contributed by atoms with Crippen molar-refractivity contribution in [2.75, 3.05) is 7.11 Å². The summed E-state index contributed by atoms with van der Waals surface area (Å²) in [6.07, 6.45) is 5.41. The van der Waals surface area contributed by atoms with Crippen molar-refractivity contribution in [2.24, 2.45) is 0 Å². The Morgan fingerprint density at radius 3 is 2.64 bits per heavy atom. The number of hydrogen-bond donors (Lipinski definition) is 0. The van der Waals surface area contributed by atoms with Crippen LogP contribution >= 0.6 is 0 Å². The highest BCUT2D eigenvalue weighted by molar-refractivity contribution is 6.55. The molecular weight excluding hydrogens is 135 g/mol. The Hall–Kier alpha value is 0.0249. The van der Waals surface area contributed by atoms with E-state index in [1.165, 1.54) is 25.7 Å². The van der Waals surface area contributed by atoms with Crippen LogP contribution in [0.5, 0.6) is 0 Å². The van der Waals surface area contributed by atoms with Crippen molar-refractivity contribution in [3.05, 3.63) is 0 Å². The van der Waals surface area contributed by atoms with E-state index in [1.54, 1.807) is 0 Å². The molecule has 1 saturated heterocycles. The van der Waals surface area contributed by atoms with Crippen LogP contribution in [0.1, 0.15) is 39.5 Å². The Bertz CT molecular complexity index is 116. The highest BCUT2D eigenvalue weighted by Crippen LogP contribution is 2.37. The fraction of sp³-hybridized carbons (Fsp3) is 1.00. The summed E-state index contributed by atoms with van der Waals surface area (Å²) in [5.74, 6) is 1.60. The second-order valence-electron chi connectivity index (χ2n) is 3.78. The first-order valence-corrected chi connectivity index (χ1v) is 4.82. The number of hydrogen-bond acceptors (Lipinski definition) is 1. The van der Waals surface area contributed by atoms with E-state index in [4.69, 9.17) is 4.65 Å². The zero-order chi connectivity index (χ0) is 8.27. The fourth-order valence-electron chi connectivity index (χ4n) is 2.36. The summed E-state index contributed by atoms with van der Waals surface area (Å²) in [6.45, 7) is 5.12. The predicted octanol–water partition coefficient (Wildman–Crippen LogP) is 2.98. The molecule has 0 amide bonds. The third-order valence-electron chi connectivity index (χ3n) is 3.06. The largest absolute Gasteiger partial charge is 0.438 e. The molecule has 2 heteroatoms. The number of rotatable bonds is 2.